The van der Waals surface area contributed by atoms with Gasteiger partial charge in [-0.3, -0.25) is 0 Å². The van der Waals surface area contributed by atoms with Crippen LogP contribution in [0, 0.1) is 13.8 Å². The zero-order valence-corrected chi connectivity index (χ0v) is 13.9. The van der Waals surface area contributed by atoms with Gasteiger partial charge in [-0.2, -0.15) is 0 Å². The van der Waals surface area contributed by atoms with E-state index in [1.54, 1.807) is 6.20 Å². The molecule has 0 amide bonds. The molecule has 0 spiro atoms. The molecule has 2 heterocycles. The summed E-state index contributed by atoms with van der Waals surface area (Å²) in [6.45, 7) is 3.92. The topological polar surface area (TPSA) is 46.0 Å². The van der Waals surface area contributed by atoms with Gasteiger partial charge in [0.2, 0.25) is 0 Å². The van der Waals surface area contributed by atoms with Gasteiger partial charge in [0.15, 0.2) is 0 Å². The average Bonchev–Trinajstić information content (AvgIpc) is 2.52. The molecule has 0 saturated carbocycles. The van der Waals surface area contributed by atoms with Crippen LogP contribution in [-0.2, 0) is 0 Å². The van der Waals surface area contributed by atoms with Crippen molar-refractivity contribution in [3.8, 4) is 5.75 Å². The van der Waals surface area contributed by atoms with Crippen molar-refractivity contribution in [3.63, 3.8) is 0 Å². The molecular formula is C18H15BrN2O. The Morgan fingerprint density at radius 3 is 2.59 bits per heavy atom. The number of fused-ring (bicyclic) bond motifs is 1. The zero-order chi connectivity index (χ0) is 15.7. The number of aromatic hydroxyl groups is 1. The van der Waals surface area contributed by atoms with E-state index < -0.39 is 0 Å². The summed E-state index contributed by atoms with van der Waals surface area (Å²) in [6, 6.07) is 9.79. The van der Waals surface area contributed by atoms with E-state index in [0.29, 0.717) is 5.52 Å². The van der Waals surface area contributed by atoms with E-state index in [-0.39, 0.29) is 5.75 Å². The van der Waals surface area contributed by atoms with Gasteiger partial charge in [-0.1, -0.05) is 24.3 Å². The van der Waals surface area contributed by atoms with Gasteiger partial charge in [0.25, 0.3) is 0 Å². The fourth-order valence-electron chi connectivity index (χ4n) is 2.39. The predicted octanol–water partition coefficient (Wildman–Crippen LogP) is 4.89. The molecule has 0 radical (unpaired) electrons. The quantitative estimate of drug-likeness (QED) is 0.666. The van der Waals surface area contributed by atoms with Crippen molar-refractivity contribution in [1.82, 2.24) is 9.97 Å². The highest BCUT2D eigenvalue weighted by Crippen LogP contribution is 2.29. The molecule has 0 unspecified atom stereocenters. The van der Waals surface area contributed by atoms with Gasteiger partial charge in [-0.15, -0.1) is 0 Å². The molecule has 22 heavy (non-hydrogen) atoms. The summed E-state index contributed by atoms with van der Waals surface area (Å²) in [5.41, 5.74) is 4.40. The molecule has 4 heteroatoms. The molecule has 0 fully saturated rings. The summed E-state index contributed by atoms with van der Waals surface area (Å²) in [5.74, 6) is 0.251. The summed E-state index contributed by atoms with van der Waals surface area (Å²) in [6.07, 6.45) is 5.65. The molecule has 3 aromatic rings. The predicted molar refractivity (Wildman–Crippen MR) is 93.7 cm³/mol. The van der Waals surface area contributed by atoms with Gasteiger partial charge in [0.1, 0.15) is 15.9 Å². The number of aromatic nitrogens is 2. The lowest BCUT2D eigenvalue weighted by Crippen LogP contribution is -1.89. The Bertz CT molecular complexity index is 870. The lowest BCUT2D eigenvalue weighted by molar-refractivity contribution is 0.476. The maximum atomic E-state index is 10.2. The second kappa shape index (κ2) is 5.89. The molecule has 0 saturated heterocycles. The Labute approximate surface area is 137 Å². The first-order valence-electron chi connectivity index (χ1n) is 6.94. The van der Waals surface area contributed by atoms with Crippen molar-refractivity contribution in [2.75, 3.05) is 0 Å². The van der Waals surface area contributed by atoms with Crippen LogP contribution in [0.5, 0.6) is 5.75 Å². The molecule has 0 aliphatic heterocycles. The zero-order valence-electron chi connectivity index (χ0n) is 12.3. The normalized spacial score (nSPS) is 11.4. The number of hydrogen-bond acceptors (Lipinski definition) is 3. The number of pyridine rings is 2. The Morgan fingerprint density at radius 2 is 1.86 bits per heavy atom. The van der Waals surface area contributed by atoms with Crippen molar-refractivity contribution in [2.24, 2.45) is 0 Å². The van der Waals surface area contributed by atoms with E-state index in [9.17, 15) is 5.11 Å². The second-order valence-corrected chi connectivity index (χ2v) is 6.05. The number of halogens is 1. The second-order valence-electron chi connectivity index (χ2n) is 5.24. The van der Waals surface area contributed by atoms with Crippen LogP contribution in [0.2, 0.25) is 0 Å². The molecule has 1 N–H and O–H groups in total. The van der Waals surface area contributed by atoms with E-state index in [1.807, 2.05) is 56.3 Å². The van der Waals surface area contributed by atoms with E-state index in [0.717, 1.165) is 32.4 Å². The summed E-state index contributed by atoms with van der Waals surface area (Å²) >= 11 is 3.31. The van der Waals surface area contributed by atoms with E-state index in [2.05, 4.69) is 25.9 Å². The molecule has 2 aromatic heterocycles. The molecule has 110 valence electrons. The van der Waals surface area contributed by atoms with Crippen LogP contribution < -0.4 is 0 Å². The summed E-state index contributed by atoms with van der Waals surface area (Å²) < 4.78 is 0.810. The SMILES string of the molecule is Cc1cc(C)c2ccc(/C=C/c3ccc(Br)nc3)nc2c1O. The van der Waals surface area contributed by atoms with E-state index >= 15 is 0 Å². The van der Waals surface area contributed by atoms with Gasteiger partial charge >= 0.3 is 0 Å². The molecule has 1 aromatic carbocycles. The van der Waals surface area contributed by atoms with Crippen LogP contribution >= 0.6 is 15.9 Å². The molecular weight excluding hydrogens is 340 g/mol. The number of aryl methyl sites for hydroxylation is 2. The van der Waals surface area contributed by atoms with E-state index in [1.165, 1.54) is 0 Å². The van der Waals surface area contributed by atoms with Gasteiger partial charge in [-0.25, -0.2) is 9.97 Å². The summed E-state index contributed by atoms with van der Waals surface area (Å²) in [4.78, 5) is 8.75. The standard InChI is InChI=1S/C18H15BrN2O/c1-11-9-12(2)18(22)17-15(11)7-6-14(21-17)5-3-13-4-8-16(19)20-10-13/h3-10,22H,1-2H3/b5-3+. The fourth-order valence-corrected chi connectivity index (χ4v) is 2.63. The number of benzene rings is 1. The minimum Gasteiger partial charge on any atom is -0.505 e. The first kappa shape index (κ1) is 14.7. The number of nitrogens with zero attached hydrogens (tertiary/aromatic N) is 2. The van der Waals surface area contributed by atoms with Gasteiger partial charge in [-0.05, 0) is 64.7 Å². The Hall–Kier alpha value is -2.20. The summed E-state index contributed by atoms with van der Waals surface area (Å²) in [5, 5.41) is 11.2. The highest BCUT2D eigenvalue weighted by Gasteiger charge is 2.08. The highest BCUT2D eigenvalue weighted by atomic mass is 79.9. The maximum absolute atomic E-state index is 10.2. The van der Waals surface area contributed by atoms with Gasteiger partial charge < -0.3 is 5.11 Å². The molecule has 0 aliphatic carbocycles. The lowest BCUT2D eigenvalue weighted by atomic mass is 10.0. The van der Waals surface area contributed by atoms with Crippen molar-refractivity contribution < 1.29 is 5.11 Å². The van der Waals surface area contributed by atoms with Crippen LogP contribution in [0.3, 0.4) is 0 Å². The van der Waals surface area contributed by atoms with Gasteiger partial charge in [0.05, 0.1) is 5.69 Å². The van der Waals surface area contributed by atoms with Crippen LogP contribution in [0.15, 0.2) is 41.1 Å². The van der Waals surface area contributed by atoms with Crippen LogP contribution in [0.1, 0.15) is 22.4 Å². The average molecular weight is 355 g/mol. The Morgan fingerprint density at radius 1 is 1.05 bits per heavy atom. The summed E-state index contributed by atoms with van der Waals surface area (Å²) in [7, 11) is 0. The van der Waals surface area contributed by atoms with Crippen molar-refractivity contribution in [3.05, 3.63) is 63.5 Å². The lowest BCUT2D eigenvalue weighted by Gasteiger charge is -2.07. The third kappa shape index (κ3) is 2.88. The first-order valence-corrected chi connectivity index (χ1v) is 7.73. The number of phenolic OH excluding ortho intramolecular Hbond substituents is 1. The number of phenols is 1. The third-order valence-electron chi connectivity index (χ3n) is 3.57. The number of rotatable bonds is 2. The van der Waals surface area contributed by atoms with Crippen molar-refractivity contribution >= 4 is 39.0 Å². The van der Waals surface area contributed by atoms with Crippen LogP contribution in [0.25, 0.3) is 23.1 Å². The molecule has 3 rings (SSSR count). The highest BCUT2D eigenvalue weighted by molar-refractivity contribution is 9.10. The Balaban J connectivity index is 2.01. The number of hydrogen-bond donors (Lipinski definition) is 1. The third-order valence-corrected chi connectivity index (χ3v) is 4.04. The molecule has 0 aliphatic rings. The minimum absolute atomic E-state index is 0.251. The minimum atomic E-state index is 0.251. The van der Waals surface area contributed by atoms with Crippen LogP contribution in [-0.4, -0.2) is 15.1 Å². The fraction of sp³-hybridized carbons (Fsp3) is 0.111. The molecule has 0 atom stereocenters. The molecule has 3 nitrogen and oxygen atoms in total. The largest absolute Gasteiger partial charge is 0.505 e. The maximum Gasteiger partial charge on any atom is 0.144 e. The Kier molecular flexibility index (Phi) is 3.94. The van der Waals surface area contributed by atoms with Crippen LogP contribution in [0.4, 0.5) is 0 Å². The molecule has 0 bridgehead atoms. The van der Waals surface area contributed by atoms with Gasteiger partial charge in [0, 0.05) is 11.6 Å². The first-order chi connectivity index (χ1) is 10.5. The van der Waals surface area contributed by atoms with E-state index in [4.69, 9.17) is 0 Å². The van der Waals surface area contributed by atoms with Crippen molar-refractivity contribution in [1.29, 1.82) is 0 Å². The smallest absolute Gasteiger partial charge is 0.144 e. The monoisotopic (exact) mass is 354 g/mol. The van der Waals surface area contributed by atoms with Crippen molar-refractivity contribution in [2.45, 2.75) is 13.8 Å².